The molecule has 0 saturated carbocycles. The van der Waals surface area contributed by atoms with E-state index in [9.17, 15) is 14.0 Å². The van der Waals surface area contributed by atoms with Gasteiger partial charge in [0.05, 0.1) is 6.20 Å². The fourth-order valence-corrected chi connectivity index (χ4v) is 2.36. The number of fused-ring (bicyclic) bond motifs is 1. The molecule has 0 aliphatic heterocycles. The summed E-state index contributed by atoms with van der Waals surface area (Å²) in [5, 5.41) is 8.95. The molecular weight excluding hydrogens is 289 g/mol. The van der Waals surface area contributed by atoms with Crippen molar-refractivity contribution in [1.29, 1.82) is 0 Å². The van der Waals surface area contributed by atoms with Gasteiger partial charge in [0.15, 0.2) is 0 Å². The molecule has 0 radical (unpaired) electrons. The Morgan fingerprint density at radius 1 is 1.32 bits per heavy atom. The van der Waals surface area contributed by atoms with Crippen molar-refractivity contribution in [3.05, 3.63) is 75.2 Å². The Labute approximate surface area is 124 Å². The highest BCUT2D eigenvalue weighted by Crippen LogP contribution is 2.16. The lowest BCUT2D eigenvalue weighted by Crippen LogP contribution is -2.18. The van der Waals surface area contributed by atoms with Gasteiger partial charge in [-0.05, 0) is 30.7 Å². The maximum Gasteiger partial charge on any atom is 0.373 e. The smallest absolute Gasteiger partial charge is 0.373 e. The average molecular weight is 301 g/mol. The predicted octanol–water partition coefficient (Wildman–Crippen LogP) is 2.63. The quantitative estimate of drug-likeness (QED) is 0.807. The van der Waals surface area contributed by atoms with Crippen molar-refractivity contribution in [3.8, 4) is 0 Å². The number of carboxylic acid groups (broad SMARTS) is 1. The first-order valence-corrected chi connectivity index (χ1v) is 6.58. The van der Waals surface area contributed by atoms with E-state index >= 15 is 0 Å². The van der Waals surface area contributed by atoms with Gasteiger partial charge in [0.2, 0.25) is 11.5 Å². The molecule has 3 rings (SSSR count). The van der Waals surface area contributed by atoms with E-state index in [0.717, 1.165) is 5.56 Å². The van der Waals surface area contributed by atoms with Gasteiger partial charge in [-0.15, -0.1) is 0 Å². The number of pyridine rings is 1. The Bertz CT molecular complexity index is 922. The molecule has 3 aromatic rings. The highest BCUT2D eigenvalue weighted by atomic mass is 19.1. The lowest BCUT2D eigenvalue weighted by molar-refractivity contribution is 0.0665. The van der Waals surface area contributed by atoms with Crippen molar-refractivity contribution < 1.29 is 18.7 Å². The third-order valence-electron chi connectivity index (χ3n) is 3.41. The van der Waals surface area contributed by atoms with Gasteiger partial charge in [0, 0.05) is 17.5 Å². The normalized spacial score (nSPS) is 11.0. The first kappa shape index (κ1) is 14.1. The van der Waals surface area contributed by atoms with E-state index in [2.05, 4.69) is 0 Å². The van der Waals surface area contributed by atoms with Crippen LogP contribution in [0.15, 0.2) is 45.7 Å². The summed E-state index contributed by atoms with van der Waals surface area (Å²) >= 11 is 0. The van der Waals surface area contributed by atoms with E-state index in [4.69, 9.17) is 9.52 Å². The summed E-state index contributed by atoms with van der Waals surface area (Å²) in [6.45, 7) is 1.73. The molecule has 0 fully saturated rings. The Hall–Kier alpha value is -2.89. The zero-order valence-corrected chi connectivity index (χ0v) is 11.7. The number of benzene rings is 1. The second kappa shape index (κ2) is 5.14. The second-order valence-electron chi connectivity index (χ2n) is 5.04. The van der Waals surface area contributed by atoms with Gasteiger partial charge >= 0.3 is 5.97 Å². The Morgan fingerprint density at radius 2 is 2.00 bits per heavy atom. The van der Waals surface area contributed by atoms with Crippen molar-refractivity contribution >= 4 is 11.7 Å². The minimum absolute atomic E-state index is 0.213. The second-order valence-corrected chi connectivity index (χ2v) is 5.04. The van der Waals surface area contributed by atoms with Gasteiger partial charge in [-0.1, -0.05) is 12.1 Å². The van der Waals surface area contributed by atoms with Crippen LogP contribution in [0.4, 0.5) is 4.39 Å². The molecule has 5 nitrogen and oxygen atoms in total. The van der Waals surface area contributed by atoms with Gasteiger partial charge in [-0.2, -0.15) is 0 Å². The number of carbonyl (C=O) groups is 1. The molecule has 0 unspecified atom stereocenters. The zero-order chi connectivity index (χ0) is 15.9. The Morgan fingerprint density at radius 3 is 2.64 bits per heavy atom. The molecule has 6 heteroatoms. The van der Waals surface area contributed by atoms with E-state index in [1.54, 1.807) is 25.1 Å². The molecule has 22 heavy (non-hydrogen) atoms. The maximum atomic E-state index is 12.9. The third-order valence-corrected chi connectivity index (χ3v) is 3.41. The maximum absolute atomic E-state index is 12.9. The molecule has 0 saturated heterocycles. The number of halogens is 1. The number of hydrogen-bond acceptors (Lipinski definition) is 3. The van der Waals surface area contributed by atoms with Crippen molar-refractivity contribution in [2.75, 3.05) is 0 Å². The van der Waals surface area contributed by atoms with E-state index in [-0.39, 0.29) is 22.9 Å². The number of aromatic carboxylic acids is 1. The van der Waals surface area contributed by atoms with E-state index in [1.807, 2.05) is 0 Å². The first-order valence-electron chi connectivity index (χ1n) is 6.58. The van der Waals surface area contributed by atoms with Crippen LogP contribution in [0, 0.1) is 12.7 Å². The fourth-order valence-electron chi connectivity index (χ4n) is 2.36. The molecule has 0 aliphatic rings. The van der Waals surface area contributed by atoms with E-state index in [0.29, 0.717) is 17.5 Å². The predicted molar refractivity (Wildman–Crippen MR) is 76.8 cm³/mol. The van der Waals surface area contributed by atoms with Crippen LogP contribution in [0.2, 0.25) is 0 Å². The summed E-state index contributed by atoms with van der Waals surface area (Å²) in [6.07, 6.45) is 1.50. The highest BCUT2D eigenvalue weighted by molar-refractivity contribution is 5.84. The summed E-state index contributed by atoms with van der Waals surface area (Å²) < 4.78 is 19.3. The summed E-state index contributed by atoms with van der Waals surface area (Å²) in [5.74, 6) is -1.87. The summed E-state index contributed by atoms with van der Waals surface area (Å²) in [5.41, 5.74) is 1.80. The molecule has 2 aromatic heterocycles. The standard InChI is InChI=1S/C16H12FNO4/c1-9-6-11(7-10-2-4-12(17)5-3-10)14(19)18-8-13(16(20)21)22-15(9)18/h2-6,8H,7H2,1H3,(H,20,21). The van der Waals surface area contributed by atoms with Crippen LogP contribution < -0.4 is 5.56 Å². The van der Waals surface area contributed by atoms with Crippen LogP contribution in [-0.2, 0) is 6.42 Å². The molecule has 2 heterocycles. The van der Waals surface area contributed by atoms with Crippen LogP contribution in [0.5, 0.6) is 0 Å². The molecule has 0 atom stereocenters. The number of aromatic nitrogens is 1. The van der Waals surface area contributed by atoms with Gasteiger partial charge in [0.1, 0.15) is 5.82 Å². The van der Waals surface area contributed by atoms with E-state index in [1.165, 1.54) is 22.7 Å². The molecule has 0 spiro atoms. The minimum Gasteiger partial charge on any atom is -0.475 e. The van der Waals surface area contributed by atoms with Gasteiger partial charge in [-0.25, -0.2) is 13.6 Å². The molecular formula is C16H12FNO4. The lowest BCUT2D eigenvalue weighted by Gasteiger charge is -2.04. The third kappa shape index (κ3) is 2.39. The molecule has 0 bridgehead atoms. The SMILES string of the molecule is Cc1cc(Cc2ccc(F)cc2)c(=O)n2cc(C(=O)O)oc12. The van der Waals surface area contributed by atoms with Crippen LogP contribution in [-0.4, -0.2) is 15.5 Å². The summed E-state index contributed by atoms with van der Waals surface area (Å²) in [4.78, 5) is 23.4. The van der Waals surface area contributed by atoms with Gasteiger partial charge in [-0.3, -0.25) is 4.79 Å². The topological polar surface area (TPSA) is 71.9 Å². The van der Waals surface area contributed by atoms with Gasteiger partial charge in [0.25, 0.3) is 5.56 Å². The van der Waals surface area contributed by atoms with Gasteiger partial charge < -0.3 is 9.52 Å². The van der Waals surface area contributed by atoms with Crippen LogP contribution in [0.1, 0.15) is 27.2 Å². The fraction of sp³-hybridized carbons (Fsp3) is 0.125. The average Bonchev–Trinajstić information content (AvgIpc) is 2.93. The highest BCUT2D eigenvalue weighted by Gasteiger charge is 2.16. The summed E-state index contributed by atoms with van der Waals surface area (Å²) in [7, 11) is 0. The van der Waals surface area contributed by atoms with Crippen molar-refractivity contribution in [2.45, 2.75) is 13.3 Å². The Kier molecular flexibility index (Phi) is 3.29. The molecule has 1 aromatic carbocycles. The largest absolute Gasteiger partial charge is 0.475 e. The van der Waals surface area contributed by atoms with E-state index < -0.39 is 5.97 Å². The van der Waals surface area contributed by atoms with Crippen molar-refractivity contribution in [3.63, 3.8) is 0 Å². The molecule has 0 aliphatic carbocycles. The Balaban J connectivity index is 2.10. The van der Waals surface area contributed by atoms with Crippen LogP contribution >= 0.6 is 0 Å². The molecule has 1 N–H and O–H groups in total. The monoisotopic (exact) mass is 301 g/mol. The lowest BCUT2D eigenvalue weighted by atomic mass is 10.1. The number of aryl methyl sites for hydroxylation is 1. The number of nitrogens with zero attached hydrogens (tertiary/aromatic N) is 1. The first-order chi connectivity index (χ1) is 10.5. The number of carboxylic acids is 1. The van der Waals surface area contributed by atoms with Crippen molar-refractivity contribution in [1.82, 2.24) is 4.40 Å². The van der Waals surface area contributed by atoms with Crippen molar-refractivity contribution in [2.24, 2.45) is 0 Å². The number of oxazole rings is 1. The zero-order valence-electron chi connectivity index (χ0n) is 11.7. The minimum atomic E-state index is -1.23. The van der Waals surface area contributed by atoms with Crippen LogP contribution in [0.25, 0.3) is 5.71 Å². The number of hydrogen-bond donors (Lipinski definition) is 1. The summed E-state index contributed by atoms with van der Waals surface area (Å²) in [6, 6.07) is 7.54. The number of rotatable bonds is 3. The van der Waals surface area contributed by atoms with Crippen LogP contribution in [0.3, 0.4) is 0 Å². The molecule has 112 valence electrons. The molecule has 0 amide bonds.